The molecule has 0 amide bonds. The summed E-state index contributed by atoms with van der Waals surface area (Å²) in [6.07, 6.45) is 0. The first kappa shape index (κ1) is 10.2. The van der Waals surface area contributed by atoms with Crippen molar-refractivity contribution in [3.63, 3.8) is 0 Å². The summed E-state index contributed by atoms with van der Waals surface area (Å²) < 4.78 is 0. The van der Waals surface area contributed by atoms with Crippen molar-refractivity contribution in [2.45, 2.75) is 6.92 Å². The zero-order chi connectivity index (χ0) is 8.27. The molecule has 0 aliphatic rings. The molecule has 3 nitrogen and oxygen atoms in total. The maximum absolute atomic E-state index is 10.8. The van der Waals surface area contributed by atoms with Crippen molar-refractivity contribution >= 4 is 11.5 Å². The smallest absolute Gasteiger partial charge is 0.385 e. The quantitative estimate of drug-likeness (QED) is 0.412. The van der Waals surface area contributed by atoms with Crippen molar-refractivity contribution in [1.29, 1.82) is 5.39 Å². The molecule has 0 fully saturated rings. The van der Waals surface area contributed by atoms with Gasteiger partial charge in [0.15, 0.2) is 10.8 Å². The third kappa shape index (κ3) is 2.13. The highest BCUT2D eigenvalue weighted by Crippen LogP contribution is 2.13. The molecule has 12 heavy (non-hydrogen) atoms. The molecule has 0 saturated carbocycles. The zero-order valence-electron chi connectivity index (χ0n) is 6.49. The Hall–Kier alpha value is -1.76. The summed E-state index contributed by atoms with van der Waals surface area (Å²) in [5.74, 6) is -0.0319. The number of carbonyl (C=O) groups excluding carboxylic acids is 1. The number of hydrogen-bond donors (Lipinski definition) is 0. The molecule has 4 heteroatoms. The summed E-state index contributed by atoms with van der Waals surface area (Å²) in [6, 6.07) is 6.50. The number of diazo groups is 1. The number of benzene rings is 1. The van der Waals surface area contributed by atoms with E-state index >= 15 is 0 Å². The number of nitrogens with zero attached hydrogens (tertiary/aromatic N) is 2. The van der Waals surface area contributed by atoms with Crippen LogP contribution in [-0.4, -0.2) is 5.78 Å². The van der Waals surface area contributed by atoms with Crippen LogP contribution in [0.2, 0.25) is 0 Å². The summed E-state index contributed by atoms with van der Waals surface area (Å²) in [5, 5.41) is 8.36. The Morgan fingerprint density at radius 1 is 1.50 bits per heavy atom. The molecular weight excluding hydrogens is 159 g/mol. The fraction of sp³-hybridized carbons (Fsp3) is 0.125. The minimum absolute atomic E-state index is 0. The van der Waals surface area contributed by atoms with Gasteiger partial charge in [0.1, 0.15) is 0 Å². The average molecular weight is 166 g/mol. The van der Waals surface area contributed by atoms with Crippen molar-refractivity contribution in [3.8, 4) is 0 Å². The monoisotopic (exact) mass is 166 g/mol. The van der Waals surface area contributed by atoms with Crippen LogP contribution in [-0.2, 0) is 0 Å². The lowest BCUT2D eigenvalue weighted by Gasteiger charge is -1.88. The third-order valence-electron chi connectivity index (χ3n) is 1.37. The summed E-state index contributed by atoms with van der Waals surface area (Å²) >= 11 is 0. The van der Waals surface area contributed by atoms with Crippen LogP contribution < -0.4 is 4.70 Å². The molecule has 62 valence electrons. The highest BCUT2D eigenvalue weighted by atomic mass is 19.0. The molecule has 0 saturated heterocycles. The standard InChI is InChI=1S/C8H7N2O.FH/c1-6(11)7-3-2-4-8(5-7)10-9;/h2-5H,1H3;1H/q+1;/p-1. The second-order valence-corrected chi connectivity index (χ2v) is 2.21. The normalized spacial score (nSPS) is 8.00. The molecule has 1 rings (SSSR count). The number of rotatable bonds is 1. The minimum atomic E-state index is -0.0319. The minimum Gasteiger partial charge on any atom is -1.00 e. The molecule has 0 aliphatic heterocycles. The Kier molecular flexibility index (Phi) is 3.57. The van der Waals surface area contributed by atoms with Gasteiger partial charge in [-0.25, -0.2) is 0 Å². The van der Waals surface area contributed by atoms with E-state index < -0.39 is 0 Å². The van der Waals surface area contributed by atoms with Gasteiger partial charge in [0, 0.05) is 17.7 Å². The lowest BCUT2D eigenvalue weighted by atomic mass is 10.1. The Morgan fingerprint density at radius 2 is 2.17 bits per heavy atom. The molecule has 0 unspecified atom stereocenters. The van der Waals surface area contributed by atoms with Gasteiger partial charge in [-0.3, -0.25) is 4.79 Å². The van der Waals surface area contributed by atoms with Crippen LogP contribution in [0.15, 0.2) is 24.3 Å². The highest BCUT2D eigenvalue weighted by molar-refractivity contribution is 5.94. The van der Waals surface area contributed by atoms with Gasteiger partial charge in [-0.15, -0.1) is 0 Å². The topological polar surface area (TPSA) is 45.2 Å². The fourth-order valence-corrected chi connectivity index (χ4v) is 0.787. The number of ketones is 1. The fourth-order valence-electron chi connectivity index (χ4n) is 0.787. The van der Waals surface area contributed by atoms with Crippen LogP contribution in [0, 0.1) is 5.39 Å². The Labute approximate surface area is 69.0 Å². The van der Waals surface area contributed by atoms with E-state index in [-0.39, 0.29) is 10.5 Å². The number of Topliss-reactive ketones (excluding diaryl/α,β-unsaturated/α-hetero) is 1. The summed E-state index contributed by atoms with van der Waals surface area (Å²) in [6.45, 7) is 1.47. The Balaban J connectivity index is 0.00000121. The third-order valence-corrected chi connectivity index (χ3v) is 1.37. The van der Waals surface area contributed by atoms with Crippen molar-refractivity contribution in [3.05, 3.63) is 34.8 Å². The molecule has 0 atom stereocenters. The summed E-state index contributed by atoms with van der Waals surface area (Å²) in [5.41, 5.74) is 0.956. The molecule has 1 aromatic rings. The second kappa shape index (κ2) is 4.19. The SMILES string of the molecule is CC(=O)c1cccc([N+]#N)c1.[F-]. The van der Waals surface area contributed by atoms with E-state index in [1.807, 2.05) is 0 Å². The van der Waals surface area contributed by atoms with Gasteiger partial charge in [-0.05, 0) is 6.92 Å². The van der Waals surface area contributed by atoms with Gasteiger partial charge in [0.05, 0.1) is 0 Å². The second-order valence-electron chi connectivity index (χ2n) is 2.21. The largest absolute Gasteiger partial charge is 1.00 e. The predicted octanol–water partition coefficient (Wildman–Crippen LogP) is -0.622. The number of halogens is 1. The summed E-state index contributed by atoms with van der Waals surface area (Å²) in [4.78, 5) is 13.8. The van der Waals surface area contributed by atoms with E-state index in [0.29, 0.717) is 11.3 Å². The van der Waals surface area contributed by atoms with Crippen LogP contribution in [0.1, 0.15) is 17.3 Å². The molecule has 0 bridgehead atoms. The lowest BCUT2D eigenvalue weighted by Crippen LogP contribution is -3.00. The van der Waals surface area contributed by atoms with Crippen molar-refractivity contribution in [2.75, 3.05) is 0 Å². The molecule has 0 spiro atoms. The van der Waals surface area contributed by atoms with Gasteiger partial charge in [-0.1, -0.05) is 12.1 Å². The van der Waals surface area contributed by atoms with Crippen LogP contribution in [0.25, 0.3) is 4.98 Å². The van der Waals surface area contributed by atoms with Crippen LogP contribution in [0.5, 0.6) is 0 Å². The molecule has 0 aromatic heterocycles. The molecule has 0 N–H and O–H groups in total. The summed E-state index contributed by atoms with van der Waals surface area (Å²) in [7, 11) is 0. The van der Waals surface area contributed by atoms with E-state index in [0.717, 1.165) is 0 Å². The van der Waals surface area contributed by atoms with Crippen LogP contribution >= 0.6 is 0 Å². The van der Waals surface area contributed by atoms with Gasteiger partial charge >= 0.3 is 5.69 Å². The van der Waals surface area contributed by atoms with Crippen LogP contribution in [0.3, 0.4) is 0 Å². The first-order valence-corrected chi connectivity index (χ1v) is 3.20. The highest BCUT2D eigenvalue weighted by Gasteiger charge is 2.06. The Morgan fingerprint density at radius 3 is 2.67 bits per heavy atom. The number of carbonyl (C=O) groups is 1. The molecule has 0 radical (unpaired) electrons. The molecule has 0 heterocycles. The van der Waals surface area contributed by atoms with E-state index in [2.05, 4.69) is 4.98 Å². The first-order valence-electron chi connectivity index (χ1n) is 3.20. The number of hydrogen-bond acceptors (Lipinski definition) is 2. The van der Waals surface area contributed by atoms with Gasteiger partial charge in [0.25, 0.3) is 0 Å². The maximum Gasteiger partial charge on any atom is 0.385 e. The van der Waals surface area contributed by atoms with E-state index in [1.165, 1.54) is 13.0 Å². The van der Waals surface area contributed by atoms with Crippen molar-refractivity contribution in [2.24, 2.45) is 0 Å². The Bertz CT molecular complexity index is 330. The average Bonchev–Trinajstić information content (AvgIpc) is 2.05. The van der Waals surface area contributed by atoms with E-state index in [4.69, 9.17) is 5.39 Å². The zero-order valence-corrected chi connectivity index (χ0v) is 6.49. The predicted molar refractivity (Wildman–Crippen MR) is 41.2 cm³/mol. The lowest BCUT2D eigenvalue weighted by molar-refractivity contribution is -0.0000105. The van der Waals surface area contributed by atoms with Gasteiger partial charge in [0.2, 0.25) is 5.39 Å². The maximum atomic E-state index is 10.8. The van der Waals surface area contributed by atoms with E-state index in [9.17, 15) is 4.79 Å². The molecule has 1 aromatic carbocycles. The van der Waals surface area contributed by atoms with Gasteiger partial charge < -0.3 is 4.70 Å². The van der Waals surface area contributed by atoms with Crippen molar-refractivity contribution in [1.82, 2.24) is 0 Å². The van der Waals surface area contributed by atoms with E-state index in [1.54, 1.807) is 18.2 Å². The van der Waals surface area contributed by atoms with Gasteiger partial charge in [-0.2, -0.15) is 0 Å². The molecular formula is C8H7FN2O. The molecule has 0 aliphatic carbocycles. The van der Waals surface area contributed by atoms with Crippen molar-refractivity contribution < 1.29 is 9.50 Å². The first-order chi connectivity index (χ1) is 5.24. The van der Waals surface area contributed by atoms with Crippen LogP contribution in [0.4, 0.5) is 5.69 Å².